The van der Waals surface area contributed by atoms with Crippen LogP contribution in [0.5, 0.6) is 17.2 Å². The van der Waals surface area contributed by atoms with Crippen LogP contribution in [0.1, 0.15) is 17.0 Å². The number of aromatic amines is 1. The number of hydrogen-bond donors (Lipinski definition) is 5. The molecule has 3 aromatic carbocycles. The van der Waals surface area contributed by atoms with Crippen LogP contribution in [0.25, 0.3) is 10.9 Å². The molecule has 0 bridgehead atoms. The zero-order valence-electron chi connectivity index (χ0n) is 17.0. The smallest absolute Gasteiger partial charge is 0.128 e. The molecular weight excluding hydrogens is 392 g/mol. The van der Waals surface area contributed by atoms with Gasteiger partial charge < -0.3 is 30.4 Å². The van der Waals surface area contributed by atoms with Crippen LogP contribution in [0.4, 0.5) is 0 Å². The third-order valence-corrected chi connectivity index (χ3v) is 5.31. The van der Waals surface area contributed by atoms with Crippen molar-refractivity contribution >= 4 is 10.9 Å². The lowest BCUT2D eigenvalue weighted by atomic mass is 9.91. The van der Waals surface area contributed by atoms with Crippen LogP contribution in [0.3, 0.4) is 0 Å². The van der Waals surface area contributed by atoms with Gasteiger partial charge in [0, 0.05) is 36.1 Å². The van der Waals surface area contributed by atoms with E-state index in [4.69, 9.17) is 4.74 Å². The fourth-order valence-electron chi connectivity index (χ4n) is 3.66. The first-order chi connectivity index (χ1) is 15.1. The van der Waals surface area contributed by atoms with Crippen molar-refractivity contribution in [2.24, 2.45) is 0 Å². The highest BCUT2D eigenvalue weighted by Crippen LogP contribution is 2.27. The van der Waals surface area contributed by atoms with Crippen molar-refractivity contribution in [1.29, 1.82) is 0 Å². The number of benzene rings is 3. The van der Waals surface area contributed by atoms with Crippen LogP contribution >= 0.6 is 0 Å². The summed E-state index contributed by atoms with van der Waals surface area (Å²) in [6.45, 7) is 1.14. The Morgan fingerprint density at radius 2 is 1.45 bits per heavy atom. The van der Waals surface area contributed by atoms with Gasteiger partial charge in [0.15, 0.2) is 0 Å². The van der Waals surface area contributed by atoms with E-state index in [1.165, 1.54) is 0 Å². The molecule has 6 nitrogen and oxygen atoms in total. The van der Waals surface area contributed by atoms with Crippen molar-refractivity contribution in [2.75, 3.05) is 19.7 Å². The van der Waals surface area contributed by atoms with E-state index in [-0.39, 0.29) is 24.0 Å². The molecule has 0 saturated heterocycles. The van der Waals surface area contributed by atoms with Crippen molar-refractivity contribution in [3.8, 4) is 17.2 Å². The molecule has 1 heterocycles. The summed E-state index contributed by atoms with van der Waals surface area (Å²) < 4.78 is 5.83. The lowest BCUT2D eigenvalue weighted by Gasteiger charge is -2.20. The Balaban J connectivity index is 1.36. The minimum atomic E-state index is -0.672. The van der Waals surface area contributed by atoms with E-state index < -0.39 is 6.10 Å². The van der Waals surface area contributed by atoms with E-state index >= 15 is 0 Å². The second-order valence-electron chi connectivity index (χ2n) is 7.55. The maximum Gasteiger partial charge on any atom is 0.128 e. The molecule has 0 aliphatic rings. The number of nitrogens with one attached hydrogen (secondary N) is 2. The molecule has 160 valence electrons. The van der Waals surface area contributed by atoms with Gasteiger partial charge >= 0.3 is 0 Å². The number of aliphatic hydroxyl groups excluding tert-OH is 1. The third kappa shape index (κ3) is 5.17. The van der Waals surface area contributed by atoms with Crippen LogP contribution in [0.2, 0.25) is 0 Å². The number of rotatable bonds is 9. The third-order valence-electron chi connectivity index (χ3n) is 5.31. The summed E-state index contributed by atoms with van der Waals surface area (Å²) in [6, 6.07) is 21.9. The van der Waals surface area contributed by atoms with Gasteiger partial charge in [0.1, 0.15) is 30.0 Å². The van der Waals surface area contributed by atoms with Crippen LogP contribution in [-0.2, 0) is 0 Å². The van der Waals surface area contributed by atoms with E-state index in [2.05, 4.69) is 10.3 Å². The van der Waals surface area contributed by atoms with E-state index in [1.54, 1.807) is 24.3 Å². The number of aromatic hydroxyl groups is 2. The second-order valence-corrected chi connectivity index (χ2v) is 7.55. The molecule has 31 heavy (non-hydrogen) atoms. The maximum atomic E-state index is 10.4. The van der Waals surface area contributed by atoms with Crippen molar-refractivity contribution in [3.05, 3.63) is 90.1 Å². The molecule has 0 aliphatic heterocycles. The summed E-state index contributed by atoms with van der Waals surface area (Å²) >= 11 is 0. The Bertz CT molecular complexity index is 1060. The Hall–Kier alpha value is -3.48. The summed E-state index contributed by atoms with van der Waals surface area (Å²) in [5, 5.41) is 33.9. The summed E-state index contributed by atoms with van der Waals surface area (Å²) in [6.07, 6.45) is 1.19. The zero-order chi connectivity index (χ0) is 21.6. The van der Waals surface area contributed by atoms with Gasteiger partial charge in [0.25, 0.3) is 0 Å². The van der Waals surface area contributed by atoms with Crippen LogP contribution in [-0.4, -0.2) is 46.1 Å². The molecule has 1 aromatic heterocycles. The van der Waals surface area contributed by atoms with Gasteiger partial charge in [-0.15, -0.1) is 0 Å². The van der Waals surface area contributed by atoms with Crippen molar-refractivity contribution in [1.82, 2.24) is 10.3 Å². The van der Waals surface area contributed by atoms with Crippen LogP contribution in [0, 0.1) is 0 Å². The van der Waals surface area contributed by atoms with E-state index in [0.717, 1.165) is 27.8 Å². The SMILES string of the molecule is Oc1ccc(C(CNC[C@H](O)COc2cccc3[nH]ccc23)c2ccc(O)cc2)cc1. The molecule has 4 rings (SSSR count). The zero-order valence-corrected chi connectivity index (χ0v) is 17.0. The minimum absolute atomic E-state index is 0.00271. The van der Waals surface area contributed by atoms with E-state index in [1.807, 2.05) is 54.7 Å². The molecular formula is C25H26N2O4. The van der Waals surface area contributed by atoms with Crippen LogP contribution in [0.15, 0.2) is 79.0 Å². The maximum absolute atomic E-state index is 10.4. The fraction of sp³-hybridized carbons (Fsp3) is 0.200. The molecule has 6 heteroatoms. The number of fused-ring (bicyclic) bond motifs is 1. The second kappa shape index (κ2) is 9.55. The van der Waals surface area contributed by atoms with Crippen molar-refractivity contribution in [3.63, 3.8) is 0 Å². The Labute approximate surface area is 180 Å². The lowest BCUT2D eigenvalue weighted by Crippen LogP contribution is -2.34. The molecule has 4 aromatic rings. The average Bonchev–Trinajstić information content (AvgIpc) is 3.26. The quantitative estimate of drug-likeness (QED) is 0.285. The highest BCUT2D eigenvalue weighted by atomic mass is 16.5. The van der Waals surface area contributed by atoms with E-state index in [0.29, 0.717) is 13.1 Å². The predicted molar refractivity (Wildman–Crippen MR) is 121 cm³/mol. The molecule has 0 saturated carbocycles. The van der Waals surface area contributed by atoms with Gasteiger partial charge in [-0.3, -0.25) is 0 Å². The van der Waals surface area contributed by atoms with Crippen molar-refractivity contribution < 1.29 is 20.1 Å². The van der Waals surface area contributed by atoms with Gasteiger partial charge in [-0.1, -0.05) is 30.3 Å². The number of hydrogen-bond acceptors (Lipinski definition) is 5. The Morgan fingerprint density at radius 1 is 0.806 bits per heavy atom. The number of phenols is 2. The number of aliphatic hydroxyl groups is 1. The number of aromatic nitrogens is 1. The highest BCUT2D eigenvalue weighted by Gasteiger charge is 2.16. The standard InChI is InChI=1S/C25H26N2O4/c28-19-8-4-17(5-9-19)23(18-6-10-20(29)11-7-18)15-26-14-21(30)16-31-25-3-1-2-24-22(25)12-13-27-24/h1-13,21,23,26-30H,14-16H2/t21-/m0/s1. The predicted octanol–water partition coefficient (Wildman–Crippen LogP) is 3.74. The molecule has 1 atom stereocenters. The number of H-pyrrole nitrogens is 1. The number of ether oxygens (including phenoxy) is 1. The lowest BCUT2D eigenvalue weighted by molar-refractivity contribution is 0.107. The van der Waals surface area contributed by atoms with Gasteiger partial charge in [0.05, 0.1) is 0 Å². The summed E-state index contributed by atoms with van der Waals surface area (Å²) in [4.78, 5) is 3.15. The Morgan fingerprint density at radius 3 is 2.10 bits per heavy atom. The summed E-state index contributed by atoms with van der Waals surface area (Å²) in [7, 11) is 0. The highest BCUT2D eigenvalue weighted by molar-refractivity contribution is 5.85. The fourth-order valence-corrected chi connectivity index (χ4v) is 3.66. The molecule has 0 aliphatic carbocycles. The monoisotopic (exact) mass is 418 g/mol. The Kier molecular flexibility index (Phi) is 6.40. The van der Waals surface area contributed by atoms with Gasteiger partial charge in [-0.2, -0.15) is 0 Å². The van der Waals surface area contributed by atoms with Gasteiger partial charge in [0.2, 0.25) is 0 Å². The average molecular weight is 418 g/mol. The van der Waals surface area contributed by atoms with Crippen molar-refractivity contribution in [2.45, 2.75) is 12.0 Å². The first-order valence-corrected chi connectivity index (χ1v) is 10.3. The number of phenolic OH excluding ortho intramolecular Hbond substituents is 2. The van der Waals surface area contributed by atoms with Crippen LogP contribution < -0.4 is 10.1 Å². The molecule has 0 unspecified atom stereocenters. The summed E-state index contributed by atoms with van der Waals surface area (Å²) in [5.41, 5.74) is 3.05. The summed E-state index contributed by atoms with van der Waals surface area (Å²) in [5.74, 6) is 1.17. The van der Waals surface area contributed by atoms with E-state index in [9.17, 15) is 15.3 Å². The first-order valence-electron chi connectivity index (χ1n) is 10.3. The first kappa shape index (κ1) is 20.8. The largest absolute Gasteiger partial charge is 0.508 e. The van der Waals surface area contributed by atoms with Gasteiger partial charge in [-0.05, 0) is 53.6 Å². The minimum Gasteiger partial charge on any atom is -0.508 e. The molecule has 0 fully saturated rings. The normalized spacial score (nSPS) is 12.3. The van der Waals surface area contributed by atoms with Gasteiger partial charge in [-0.25, -0.2) is 0 Å². The molecule has 0 radical (unpaired) electrons. The topological polar surface area (TPSA) is 97.7 Å². The molecule has 5 N–H and O–H groups in total. The molecule has 0 amide bonds. The molecule has 0 spiro atoms.